The van der Waals surface area contributed by atoms with E-state index in [1.807, 2.05) is 12.1 Å². The van der Waals surface area contributed by atoms with Crippen LogP contribution in [0.25, 0.3) is 10.6 Å². The molecule has 0 aromatic carbocycles. The van der Waals surface area contributed by atoms with Gasteiger partial charge in [0.05, 0.1) is 12.0 Å². The summed E-state index contributed by atoms with van der Waals surface area (Å²) in [5, 5.41) is 0.861. The zero-order chi connectivity index (χ0) is 12.3. The van der Waals surface area contributed by atoms with Gasteiger partial charge in [-0.05, 0) is 28.1 Å². The van der Waals surface area contributed by atoms with Gasteiger partial charge in [-0.2, -0.15) is 0 Å². The lowest BCUT2D eigenvalue weighted by Crippen LogP contribution is -2.19. The van der Waals surface area contributed by atoms with E-state index in [2.05, 4.69) is 31.4 Å². The predicted octanol–water partition coefficient (Wildman–Crippen LogP) is 2.79. The Balaban J connectivity index is 2.34. The lowest BCUT2D eigenvalue weighted by molar-refractivity contribution is 0.147. The maximum absolute atomic E-state index is 5.16. The zero-order valence-electron chi connectivity index (χ0n) is 8.81. The van der Waals surface area contributed by atoms with E-state index < -0.39 is 0 Å². The third-order valence-electron chi connectivity index (χ3n) is 1.90. The summed E-state index contributed by atoms with van der Waals surface area (Å²) in [6, 6.07) is 3.82. The Labute approximate surface area is 116 Å². The van der Waals surface area contributed by atoms with E-state index in [-0.39, 0.29) is 0 Å². The van der Waals surface area contributed by atoms with Gasteiger partial charge in [-0.1, -0.05) is 12.2 Å². The fourth-order valence-electron chi connectivity index (χ4n) is 1.19. The monoisotopic (exact) mass is 329 g/mol. The molecule has 2 heterocycles. The molecular formula is C10H8BrN3OS2. The highest BCUT2D eigenvalue weighted by Crippen LogP contribution is 2.30. The molecule has 0 atom stereocenters. The molecule has 17 heavy (non-hydrogen) atoms. The van der Waals surface area contributed by atoms with E-state index in [0.717, 1.165) is 15.4 Å². The summed E-state index contributed by atoms with van der Waals surface area (Å²) in [6.07, 6.45) is 3.49. The van der Waals surface area contributed by atoms with Crippen LogP contribution in [0.2, 0.25) is 0 Å². The molecule has 2 rings (SSSR count). The Morgan fingerprint density at radius 3 is 3.06 bits per heavy atom. The molecule has 2 aromatic rings. The Morgan fingerprint density at radius 1 is 1.59 bits per heavy atom. The van der Waals surface area contributed by atoms with Gasteiger partial charge < -0.3 is 0 Å². The molecule has 0 saturated heterocycles. The summed E-state index contributed by atoms with van der Waals surface area (Å²) in [5.41, 5.74) is 3.59. The molecule has 0 saturated carbocycles. The van der Waals surface area contributed by atoms with Crippen LogP contribution in [0.15, 0.2) is 29.1 Å². The molecule has 2 aromatic heterocycles. The number of aromatic nitrogens is 2. The van der Waals surface area contributed by atoms with Crippen molar-refractivity contribution in [2.45, 2.75) is 0 Å². The van der Waals surface area contributed by atoms with Gasteiger partial charge in [0.2, 0.25) is 0 Å². The van der Waals surface area contributed by atoms with Crippen LogP contribution in [0.3, 0.4) is 0 Å². The molecule has 88 valence electrons. The van der Waals surface area contributed by atoms with Gasteiger partial charge in [0.25, 0.3) is 0 Å². The first kappa shape index (κ1) is 12.6. The van der Waals surface area contributed by atoms with Gasteiger partial charge in [-0.3, -0.25) is 15.3 Å². The van der Waals surface area contributed by atoms with Crippen LogP contribution in [0, 0.1) is 0 Å². The Kier molecular flexibility index (Phi) is 4.16. The third-order valence-corrected chi connectivity index (χ3v) is 4.27. The number of thiazole rings is 1. The quantitative estimate of drug-likeness (QED) is 0.693. The normalized spacial score (nSPS) is 10.2. The van der Waals surface area contributed by atoms with Crippen LogP contribution in [-0.4, -0.2) is 22.1 Å². The van der Waals surface area contributed by atoms with Crippen LogP contribution in [-0.2, 0) is 4.84 Å². The molecule has 0 fully saturated rings. The molecule has 0 aliphatic heterocycles. The van der Waals surface area contributed by atoms with E-state index in [0.29, 0.717) is 9.59 Å². The first-order valence-corrected chi connectivity index (χ1v) is 6.64. The number of hydroxylamine groups is 1. The number of nitrogens with one attached hydrogen (secondary N) is 1. The van der Waals surface area contributed by atoms with Gasteiger partial charge in [-0.15, -0.1) is 11.3 Å². The minimum Gasteiger partial charge on any atom is -0.279 e. The van der Waals surface area contributed by atoms with Crippen LogP contribution >= 0.6 is 39.5 Å². The number of pyridine rings is 1. The van der Waals surface area contributed by atoms with Crippen molar-refractivity contribution in [2.24, 2.45) is 0 Å². The highest BCUT2D eigenvalue weighted by Gasteiger charge is 2.14. The summed E-state index contributed by atoms with van der Waals surface area (Å²) in [5.74, 6) is 0. The molecule has 0 amide bonds. The second-order valence-electron chi connectivity index (χ2n) is 3.02. The number of hydrogen-bond donors (Lipinski definition) is 1. The molecule has 0 aliphatic rings. The average Bonchev–Trinajstić information content (AvgIpc) is 2.73. The maximum Gasteiger partial charge on any atom is 0.143 e. The van der Waals surface area contributed by atoms with Crippen molar-refractivity contribution in [1.82, 2.24) is 15.4 Å². The molecule has 0 aliphatic carbocycles. The van der Waals surface area contributed by atoms with Gasteiger partial charge >= 0.3 is 0 Å². The van der Waals surface area contributed by atoms with Crippen molar-refractivity contribution in [2.75, 3.05) is 7.11 Å². The van der Waals surface area contributed by atoms with Gasteiger partial charge in [-0.25, -0.2) is 4.98 Å². The standard InChI is InChI=1S/C10H8BrN3OS2/c1-15-14-9(16)7-8(11)13-10(17-7)6-3-2-4-12-5-6/h2-5H,1H3,(H,14,16). The van der Waals surface area contributed by atoms with Crippen molar-refractivity contribution in [3.63, 3.8) is 0 Å². The number of halogens is 1. The first-order chi connectivity index (χ1) is 8.22. The fourth-order valence-corrected chi connectivity index (χ4v) is 3.20. The van der Waals surface area contributed by atoms with Crippen LogP contribution in [0.4, 0.5) is 0 Å². The number of nitrogens with zero attached hydrogens (tertiary/aromatic N) is 2. The molecule has 4 nitrogen and oxygen atoms in total. The van der Waals surface area contributed by atoms with E-state index >= 15 is 0 Å². The SMILES string of the molecule is CONC(=S)c1sc(-c2cccnc2)nc1Br. The van der Waals surface area contributed by atoms with Crippen LogP contribution in [0.5, 0.6) is 0 Å². The Morgan fingerprint density at radius 2 is 2.41 bits per heavy atom. The lowest BCUT2D eigenvalue weighted by Gasteiger charge is -2.01. The average molecular weight is 330 g/mol. The summed E-state index contributed by atoms with van der Waals surface area (Å²) < 4.78 is 0.705. The third kappa shape index (κ3) is 2.86. The predicted molar refractivity (Wildman–Crippen MR) is 74.9 cm³/mol. The molecule has 0 radical (unpaired) electrons. The van der Waals surface area contributed by atoms with E-state index in [1.165, 1.54) is 18.4 Å². The van der Waals surface area contributed by atoms with Crippen molar-refractivity contribution in [3.05, 3.63) is 34.0 Å². The molecule has 0 spiro atoms. The number of thiocarbonyl (C=S) groups is 1. The summed E-state index contributed by atoms with van der Waals surface area (Å²) in [7, 11) is 1.52. The fraction of sp³-hybridized carbons (Fsp3) is 0.100. The van der Waals surface area contributed by atoms with Crippen LogP contribution < -0.4 is 5.48 Å². The second-order valence-corrected chi connectivity index (χ2v) is 5.17. The van der Waals surface area contributed by atoms with Crippen molar-refractivity contribution >= 4 is 44.5 Å². The minimum atomic E-state index is 0.506. The second kappa shape index (κ2) is 5.63. The van der Waals surface area contributed by atoms with Crippen molar-refractivity contribution in [1.29, 1.82) is 0 Å². The Hall–Kier alpha value is -0.890. The molecule has 7 heteroatoms. The highest BCUT2D eigenvalue weighted by molar-refractivity contribution is 9.10. The minimum absolute atomic E-state index is 0.506. The van der Waals surface area contributed by atoms with E-state index in [9.17, 15) is 0 Å². The first-order valence-electron chi connectivity index (χ1n) is 4.62. The largest absolute Gasteiger partial charge is 0.279 e. The van der Waals surface area contributed by atoms with E-state index in [1.54, 1.807) is 12.4 Å². The van der Waals surface area contributed by atoms with Gasteiger partial charge in [0.15, 0.2) is 0 Å². The van der Waals surface area contributed by atoms with Gasteiger partial charge in [0, 0.05) is 18.0 Å². The van der Waals surface area contributed by atoms with Crippen molar-refractivity contribution in [3.8, 4) is 10.6 Å². The maximum atomic E-state index is 5.16. The topological polar surface area (TPSA) is 47.0 Å². The Bertz CT molecular complexity index is 530. The molecule has 1 N–H and O–H groups in total. The molecule has 0 bridgehead atoms. The number of rotatable bonds is 3. The summed E-state index contributed by atoms with van der Waals surface area (Å²) >= 11 is 10.0. The highest BCUT2D eigenvalue weighted by atomic mass is 79.9. The van der Waals surface area contributed by atoms with Crippen LogP contribution in [0.1, 0.15) is 4.88 Å². The molecule has 0 unspecified atom stereocenters. The van der Waals surface area contributed by atoms with Crippen molar-refractivity contribution < 1.29 is 4.84 Å². The summed E-state index contributed by atoms with van der Waals surface area (Å²) in [4.78, 5) is 14.6. The smallest absolute Gasteiger partial charge is 0.143 e. The number of hydrogen-bond acceptors (Lipinski definition) is 5. The zero-order valence-corrected chi connectivity index (χ0v) is 12.0. The molecular weight excluding hydrogens is 322 g/mol. The lowest BCUT2D eigenvalue weighted by atomic mass is 10.3. The van der Waals surface area contributed by atoms with E-state index in [4.69, 9.17) is 17.1 Å². The summed E-state index contributed by atoms with van der Waals surface area (Å²) in [6.45, 7) is 0. The van der Waals surface area contributed by atoms with Gasteiger partial charge in [0.1, 0.15) is 14.6 Å².